The average Bonchev–Trinajstić information content (AvgIpc) is 2.92. The SMILES string of the molecule is CCC(CC)C(=O)/C=C(\O)C(CC)CC.Cc1cc2c3c(nccc3c1)-c1[c-]cc3cccnc3c1C2(C)C.[Ir]. The van der Waals surface area contributed by atoms with Gasteiger partial charge in [-0.25, -0.2) is 0 Å². The summed E-state index contributed by atoms with van der Waals surface area (Å²) < 4.78 is 0. The Labute approximate surface area is 252 Å². The van der Waals surface area contributed by atoms with Crippen molar-refractivity contribution in [1.29, 1.82) is 0 Å². The summed E-state index contributed by atoms with van der Waals surface area (Å²) in [5, 5.41) is 13.4. The number of allylic oxidation sites excluding steroid dienone is 2. The number of rotatable bonds is 7. The molecule has 2 aromatic carbocycles. The van der Waals surface area contributed by atoms with Crippen molar-refractivity contribution in [1.82, 2.24) is 9.97 Å². The van der Waals surface area contributed by atoms with Crippen LogP contribution in [0.25, 0.3) is 32.9 Å². The summed E-state index contributed by atoms with van der Waals surface area (Å²) in [6.45, 7) is 14.8. The Kier molecular flexibility index (Phi) is 10.4. The molecule has 0 amide bonds. The van der Waals surface area contributed by atoms with Crippen LogP contribution in [0.4, 0.5) is 0 Å². The number of carbonyl (C=O) groups is 1. The molecule has 1 aliphatic carbocycles. The van der Waals surface area contributed by atoms with Gasteiger partial charge >= 0.3 is 0 Å². The zero-order chi connectivity index (χ0) is 28.3. The van der Waals surface area contributed by atoms with Crippen LogP contribution in [0.15, 0.2) is 60.6 Å². The van der Waals surface area contributed by atoms with Gasteiger partial charge in [0.2, 0.25) is 0 Å². The van der Waals surface area contributed by atoms with E-state index in [0.29, 0.717) is 0 Å². The zero-order valence-corrected chi connectivity index (χ0v) is 27.2. The number of nitrogens with zero attached hydrogens (tertiary/aromatic N) is 2. The molecule has 1 radical (unpaired) electrons. The zero-order valence-electron chi connectivity index (χ0n) is 24.8. The molecule has 2 heterocycles. The first kappa shape index (κ1) is 31.6. The summed E-state index contributed by atoms with van der Waals surface area (Å²) in [5.41, 5.74) is 6.89. The summed E-state index contributed by atoms with van der Waals surface area (Å²) in [6, 6.07) is 16.3. The molecular formula is C35H41IrN2O2-. The van der Waals surface area contributed by atoms with Crippen molar-refractivity contribution in [3.05, 3.63) is 83.4 Å². The van der Waals surface area contributed by atoms with Gasteiger partial charge in [0.25, 0.3) is 0 Å². The van der Waals surface area contributed by atoms with E-state index in [1.165, 1.54) is 33.5 Å². The molecule has 4 nitrogen and oxygen atoms in total. The van der Waals surface area contributed by atoms with Crippen molar-refractivity contribution in [2.75, 3.05) is 0 Å². The fraction of sp³-hybridized carbons (Fsp3) is 0.400. The predicted molar refractivity (Wildman–Crippen MR) is 162 cm³/mol. The number of pyridine rings is 2. The normalized spacial score (nSPS) is 13.6. The predicted octanol–water partition coefficient (Wildman–Crippen LogP) is 9.07. The number of hydrogen-bond donors (Lipinski definition) is 1. The number of benzene rings is 2. The van der Waals surface area contributed by atoms with Gasteiger partial charge < -0.3 is 10.1 Å². The van der Waals surface area contributed by atoms with E-state index in [9.17, 15) is 9.90 Å². The topological polar surface area (TPSA) is 63.1 Å². The van der Waals surface area contributed by atoms with E-state index in [0.717, 1.165) is 47.8 Å². The van der Waals surface area contributed by atoms with Crippen LogP contribution in [0.3, 0.4) is 0 Å². The Bertz CT molecular complexity index is 1530. The van der Waals surface area contributed by atoms with Gasteiger partial charge in [-0.05, 0) is 71.6 Å². The first-order valence-electron chi connectivity index (χ1n) is 14.3. The van der Waals surface area contributed by atoms with Crippen molar-refractivity contribution in [3.63, 3.8) is 0 Å². The molecule has 0 atom stereocenters. The molecule has 5 heteroatoms. The van der Waals surface area contributed by atoms with Crippen molar-refractivity contribution in [2.24, 2.45) is 11.8 Å². The van der Waals surface area contributed by atoms with Crippen LogP contribution in [-0.2, 0) is 30.3 Å². The van der Waals surface area contributed by atoms with Crippen molar-refractivity contribution >= 4 is 27.5 Å². The van der Waals surface area contributed by atoms with Gasteiger partial charge in [0, 0.05) is 50.4 Å². The van der Waals surface area contributed by atoms with E-state index < -0.39 is 0 Å². The van der Waals surface area contributed by atoms with Crippen LogP contribution in [0.2, 0.25) is 0 Å². The number of aryl methyl sites for hydroxylation is 1. The number of aromatic nitrogens is 2. The van der Waals surface area contributed by atoms with Gasteiger partial charge in [0.15, 0.2) is 5.78 Å². The molecule has 1 N–H and O–H groups in total. The molecule has 213 valence electrons. The largest absolute Gasteiger partial charge is 0.512 e. The van der Waals surface area contributed by atoms with E-state index in [-0.39, 0.29) is 48.9 Å². The summed E-state index contributed by atoms with van der Waals surface area (Å²) in [7, 11) is 0. The van der Waals surface area contributed by atoms with Gasteiger partial charge in [-0.1, -0.05) is 82.3 Å². The Balaban J connectivity index is 0.000000243. The number of aliphatic hydroxyl groups excluding tert-OH is 1. The molecule has 0 fully saturated rings. The summed E-state index contributed by atoms with van der Waals surface area (Å²) in [6.07, 6.45) is 8.68. The second kappa shape index (κ2) is 13.2. The van der Waals surface area contributed by atoms with Crippen LogP contribution in [0.1, 0.15) is 83.9 Å². The van der Waals surface area contributed by atoms with Gasteiger partial charge in [-0.15, -0.1) is 17.7 Å². The van der Waals surface area contributed by atoms with Gasteiger partial charge in [-0.3, -0.25) is 9.78 Å². The molecule has 0 saturated heterocycles. The second-order valence-corrected chi connectivity index (χ2v) is 11.2. The maximum Gasteiger partial charge on any atom is 0.162 e. The fourth-order valence-electron chi connectivity index (χ4n) is 5.94. The fourth-order valence-corrected chi connectivity index (χ4v) is 5.94. The molecule has 0 saturated carbocycles. The van der Waals surface area contributed by atoms with Crippen molar-refractivity contribution in [2.45, 2.75) is 79.6 Å². The van der Waals surface area contributed by atoms with E-state index in [1.807, 2.05) is 52.2 Å². The molecule has 0 bridgehead atoms. The molecule has 40 heavy (non-hydrogen) atoms. The minimum Gasteiger partial charge on any atom is -0.512 e. The Morgan fingerprint density at radius 1 is 0.975 bits per heavy atom. The van der Waals surface area contributed by atoms with Crippen LogP contribution in [0, 0.1) is 24.8 Å². The number of aliphatic hydroxyl groups is 1. The van der Waals surface area contributed by atoms with Crippen LogP contribution in [-0.4, -0.2) is 20.9 Å². The van der Waals surface area contributed by atoms with Gasteiger partial charge in [-0.2, -0.15) is 0 Å². The maximum atomic E-state index is 11.7. The minimum atomic E-state index is -0.139. The molecule has 5 rings (SSSR count). The average molecular weight is 714 g/mol. The number of carbonyl (C=O) groups excluding carboxylic acids is 1. The first-order valence-corrected chi connectivity index (χ1v) is 14.3. The summed E-state index contributed by atoms with van der Waals surface area (Å²) in [4.78, 5) is 21.1. The molecule has 4 aromatic rings. The quantitative estimate of drug-likeness (QED) is 0.118. The van der Waals surface area contributed by atoms with Gasteiger partial charge in [0.1, 0.15) is 0 Å². The monoisotopic (exact) mass is 714 g/mol. The summed E-state index contributed by atoms with van der Waals surface area (Å²) >= 11 is 0. The first-order chi connectivity index (χ1) is 18.7. The molecule has 0 spiro atoms. The van der Waals surface area contributed by atoms with E-state index >= 15 is 0 Å². The van der Waals surface area contributed by atoms with E-state index in [4.69, 9.17) is 9.97 Å². The van der Waals surface area contributed by atoms with Crippen LogP contribution >= 0.6 is 0 Å². The Hall–Kier alpha value is -2.88. The Morgan fingerprint density at radius 3 is 2.30 bits per heavy atom. The number of ketones is 1. The third kappa shape index (κ3) is 5.92. The van der Waals surface area contributed by atoms with Crippen LogP contribution in [0.5, 0.6) is 0 Å². The molecule has 0 unspecified atom stereocenters. The molecular weight excluding hydrogens is 673 g/mol. The van der Waals surface area contributed by atoms with E-state index in [2.05, 4.69) is 51.1 Å². The molecule has 1 aliphatic rings. The maximum absolute atomic E-state index is 11.7. The second-order valence-electron chi connectivity index (χ2n) is 11.2. The smallest absolute Gasteiger partial charge is 0.162 e. The minimum absolute atomic E-state index is 0. The standard InChI is InChI=1S/C22H17N2.C13H24O2.Ir/c1-13-11-15-8-10-24-21-16-7-6-14-5-4-9-23-20(14)19(16)22(2,3)17(12-13)18(15)21;1-5-10(6-2)12(14)9-13(15)11(7-3)8-4;/h4-6,8-12H,1-3H3;9-11,14H,5-8H2,1-4H3;/q-1;;/b;12-9-;. The third-order valence-electron chi connectivity index (χ3n) is 8.32. The number of hydrogen-bond acceptors (Lipinski definition) is 4. The molecule has 2 aromatic heterocycles. The van der Waals surface area contributed by atoms with E-state index in [1.54, 1.807) is 0 Å². The van der Waals surface area contributed by atoms with Crippen LogP contribution < -0.4 is 0 Å². The Morgan fingerprint density at radius 2 is 1.65 bits per heavy atom. The van der Waals surface area contributed by atoms with Crippen molar-refractivity contribution in [3.8, 4) is 11.3 Å². The summed E-state index contributed by atoms with van der Waals surface area (Å²) in [5.74, 6) is 0.547. The number of fused-ring (bicyclic) bond motifs is 4. The third-order valence-corrected chi connectivity index (χ3v) is 8.32. The van der Waals surface area contributed by atoms with Crippen molar-refractivity contribution < 1.29 is 30.0 Å². The molecule has 0 aliphatic heterocycles. The van der Waals surface area contributed by atoms with Gasteiger partial charge in [0.05, 0.1) is 5.76 Å².